The summed E-state index contributed by atoms with van der Waals surface area (Å²) in [6, 6.07) is 5.97. The van der Waals surface area contributed by atoms with Crippen molar-refractivity contribution < 1.29 is 12.8 Å². The fourth-order valence-corrected chi connectivity index (χ4v) is 2.69. The summed E-state index contributed by atoms with van der Waals surface area (Å²) < 4.78 is 39.1. The standard InChI is InChI=1S/C13H16FN3O2S/c1-2-12-15-9-13(17-12)20(18,19)16-8-7-10-3-5-11(14)6-4-10/h3-6,9,16H,2,7-8H2,1H3,(H,15,17). The minimum atomic E-state index is -3.57. The number of sulfonamides is 1. The smallest absolute Gasteiger partial charge is 0.257 e. The predicted octanol–water partition coefficient (Wildman–Crippen LogP) is 1.63. The third kappa shape index (κ3) is 3.64. The van der Waals surface area contributed by atoms with E-state index in [4.69, 9.17) is 0 Å². The molecule has 0 aliphatic carbocycles. The summed E-state index contributed by atoms with van der Waals surface area (Å²) in [7, 11) is -3.57. The maximum atomic E-state index is 12.7. The molecule has 0 radical (unpaired) electrons. The maximum absolute atomic E-state index is 12.7. The molecule has 5 nitrogen and oxygen atoms in total. The van der Waals surface area contributed by atoms with E-state index >= 15 is 0 Å². The highest BCUT2D eigenvalue weighted by Crippen LogP contribution is 2.07. The van der Waals surface area contributed by atoms with Crippen LogP contribution in [0.5, 0.6) is 0 Å². The number of hydrogen-bond donors (Lipinski definition) is 2. The van der Waals surface area contributed by atoms with Crippen molar-refractivity contribution in [1.29, 1.82) is 0 Å². The quantitative estimate of drug-likeness (QED) is 0.851. The summed E-state index contributed by atoms with van der Waals surface area (Å²) in [5.41, 5.74) is 0.868. The first kappa shape index (κ1) is 14.7. The van der Waals surface area contributed by atoms with E-state index in [9.17, 15) is 12.8 Å². The molecule has 2 aromatic rings. The molecule has 0 spiro atoms. The Labute approximate surface area is 117 Å². The molecule has 1 heterocycles. The van der Waals surface area contributed by atoms with Gasteiger partial charge in [-0.3, -0.25) is 0 Å². The molecule has 0 atom stereocenters. The van der Waals surface area contributed by atoms with E-state index in [1.807, 2.05) is 6.92 Å². The number of hydrogen-bond acceptors (Lipinski definition) is 3. The van der Waals surface area contributed by atoms with Crippen LogP contribution in [0.2, 0.25) is 0 Å². The van der Waals surface area contributed by atoms with E-state index in [1.165, 1.54) is 18.3 Å². The van der Waals surface area contributed by atoms with Crippen LogP contribution in [0.15, 0.2) is 35.5 Å². The highest BCUT2D eigenvalue weighted by Gasteiger charge is 2.16. The summed E-state index contributed by atoms with van der Waals surface area (Å²) in [4.78, 5) is 6.71. The van der Waals surface area contributed by atoms with Gasteiger partial charge in [0, 0.05) is 13.0 Å². The summed E-state index contributed by atoms with van der Waals surface area (Å²) >= 11 is 0. The third-order valence-electron chi connectivity index (χ3n) is 2.85. The Hall–Kier alpha value is -1.73. The van der Waals surface area contributed by atoms with Crippen molar-refractivity contribution in [2.75, 3.05) is 6.54 Å². The minimum Gasteiger partial charge on any atom is -0.332 e. The Kier molecular flexibility index (Phi) is 4.51. The number of nitrogens with one attached hydrogen (secondary N) is 2. The second-order valence-corrected chi connectivity index (χ2v) is 6.06. The van der Waals surface area contributed by atoms with Crippen LogP contribution in [0.1, 0.15) is 18.3 Å². The second-order valence-electron chi connectivity index (χ2n) is 4.32. The lowest BCUT2D eigenvalue weighted by atomic mass is 10.1. The van der Waals surface area contributed by atoms with Gasteiger partial charge in [0.2, 0.25) is 0 Å². The third-order valence-corrected chi connectivity index (χ3v) is 4.22. The molecule has 0 bridgehead atoms. The van der Waals surface area contributed by atoms with Crippen LogP contribution in [0, 0.1) is 5.82 Å². The lowest BCUT2D eigenvalue weighted by Gasteiger charge is -2.05. The topological polar surface area (TPSA) is 74.8 Å². The Morgan fingerprint density at radius 3 is 2.60 bits per heavy atom. The van der Waals surface area contributed by atoms with Gasteiger partial charge in [0.05, 0.1) is 6.20 Å². The average molecular weight is 297 g/mol. The molecule has 0 aliphatic rings. The lowest BCUT2D eigenvalue weighted by molar-refractivity contribution is 0.578. The fourth-order valence-electron chi connectivity index (χ4n) is 1.72. The van der Waals surface area contributed by atoms with Crippen molar-refractivity contribution in [2.24, 2.45) is 0 Å². The summed E-state index contributed by atoms with van der Waals surface area (Å²) in [5, 5.41) is 0.0634. The van der Waals surface area contributed by atoms with Crippen LogP contribution in [-0.4, -0.2) is 24.9 Å². The molecule has 2 N–H and O–H groups in total. The van der Waals surface area contributed by atoms with Gasteiger partial charge in [-0.25, -0.2) is 22.5 Å². The van der Waals surface area contributed by atoms with Crippen molar-refractivity contribution in [3.63, 3.8) is 0 Å². The van der Waals surface area contributed by atoms with Crippen LogP contribution in [0.25, 0.3) is 0 Å². The number of aromatic amines is 1. The van der Waals surface area contributed by atoms with E-state index < -0.39 is 10.0 Å². The second kappa shape index (κ2) is 6.15. The van der Waals surface area contributed by atoms with E-state index in [0.717, 1.165) is 5.56 Å². The Balaban J connectivity index is 1.94. The van der Waals surface area contributed by atoms with E-state index in [0.29, 0.717) is 18.7 Å². The van der Waals surface area contributed by atoms with Gasteiger partial charge in [-0.1, -0.05) is 19.1 Å². The van der Waals surface area contributed by atoms with E-state index in [-0.39, 0.29) is 17.4 Å². The van der Waals surface area contributed by atoms with Crippen molar-refractivity contribution in [3.05, 3.63) is 47.7 Å². The molecular formula is C13H16FN3O2S. The molecule has 1 aromatic carbocycles. The van der Waals surface area contributed by atoms with Gasteiger partial charge < -0.3 is 4.98 Å². The normalized spacial score (nSPS) is 11.7. The molecule has 7 heteroatoms. The zero-order chi connectivity index (χ0) is 14.6. The first-order valence-corrected chi connectivity index (χ1v) is 7.77. The Bertz CT molecular complexity index is 665. The van der Waals surface area contributed by atoms with Gasteiger partial charge in [0.15, 0.2) is 5.03 Å². The molecule has 108 valence electrons. The van der Waals surface area contributed by atoms with Crippen molar-refractivity contribution in [2.45, 2.75) is 24.8 Å². The summed E-state index contributed by atoms with van der Waals surface area (Å²) in [6.07, 6.45) is 2.44. The molecule has 0 fully saturated rings. The Morgan fingerprint density at radius 2 is 2.00 bits per heavy atom. The number of rotatable bonds is 6. The van der Waals surface area contributed by atoms with Crippen LogP contribution in [-0.2, 0) is 22.9 Å². The van der Waals surface area contributed by atoms with Gasteiger partial charge in [0.1, 0.15) is 11.6 Å². The van der Waals surface area contributed by atoms with Crippen LogP contribution < -0.4 is 4.72 Å². The zero-order valence-corrected chi connectivity index (χ0v) is 11.9. The molecule has 0 amide bonds. The average Bonchev–Trinajstić information content (AvgIpc) is 2.90. The maximum Gasteiger partial charge on any atom is 0.257 e. The van der Waals surface area contributed by atoms with Crippen LogP contribution >= 0.6 is 0 Å². The molecule has 1 aromatic heterocycles. The molecule has 20 heavy (non-hydrogen) atoms. The van der Waals surface area contributed by atoms with Gasteiger partial charge in [-0.15, -0.1) is 0 Å². The molecule has 0 saturated heterocycles. The van der Waals surface area contributed by atoms with Crippen molar-refractivity contribution in [1.82, 2.24) is 14.7 Å². The summed E-state index contributed by atoms with van der Waals surface area (Å²) in [6.45, 7) is 2.13. The predicted molar refractivity (Wildman–Crippen MR) is 73.3 cm³/mol. The SMILES string of the molecule is CCc1ncc(S(=O)(=O)NCCc2ccc(F)cc2)[nH]1. The number of aryl methyl sites for hydroxylation is 1. The fraction of sp³-hybridized carbons (Fsp3) is 0.308. The molecule has 0 saturated carbocycles. The molecule has 0 unspecified atom stereocenters. The number of nitrogens with zero attached hydrogens (tertiary/aromatic N) is 1. The molecule has 0 aliphatic heterocycles. The van der Waals surface area contributed by atoms with E-state index in [2.05, 4.69) is 14.7 Å². The van der Waals surface area contributed by atoms with Crippen LogP contribution in [0.3, 0.4) is 0 Å². The first-order chi connectivity index (χ1) is 9.51. The minimum absolute atomic E-state index is 0.0634. The highest BCUT2D eigenvalue weighted by molar-refractivity contribution is 7.89. The number of aromatic nitrogens is 2. The molecule has 2 rings (SSSR count). The van der Waals surface area contributed by atoms with Crippen LogP contribution in [0.4, 0.5) is 4.39 Å². The summed E-state index contributed by atoms with van der Waals surface area (Å²) in [5.74, 6) is 0.322. The number of imidazole rings is 1. The van der Waals surface area contributed by atoms with Gasteiger partial charge in [-0.05, 0) is 24.1 Å². The van der Waals surface area contributed by atoms with E-state index in [1.54, 1.807) is 12.1 Å². The number of halogens is 1. The zero-order valence-electron chi connectivity index (χ0n) is 11.1. The largest absolute Gasteiger partial charge is 0.332 e. The van der Waals surface area contributed by atoms with Gasteiger partial charge in [0.25, 0.3) is 10.0 Å². The van der Waals surface area contributed by atoms with Crippen molar-refractivity contribution in [3.8, 4) is 0 Å². The monoisotopic (exact) mass is 297 g/mol. The number of H-pyrrole nitrogens is 1. The van der Waals surface area contributed by atoms with Crippen molar-refractivity contribution >= 4 is 10.0 Å². The van der Waals surface area contributed by atoms with Gasteiger partial charge in [-0.2, -0.15) is 0 Å². The lowest BCUT2D eigenvalue weighted by Crippen LogP contribution is -2.26. The number of benzene rings is 1. The first-order valence-electron chi connectivity index (χ1n) is 6.29. The highest BCUT2D eigenvalue weighted by atomic mass is 32.2. The Morgan fingerprint density at radius 1 is 1.30 bits per heavy atom. The molecular weight excluding hydrogens is 281 g/mol. The van der Waals surface area contributed by atoms with Gasteiger partial charge >= 0.3 is 0 Å².